The fourth-order valence-electron chi connectivity index (χ4n) is 4.97. The molecule has 1 amide bonds. The number of benzene rings is 3. The number of carboxylic acid groups (broad SMARTS) is 1. The first-order valence-electron chi connectivity index (χ1n) is 12.2. The SMILES string of the molecule is Cc1c(-c2ccc(CC(NC(=O)c3c(Cl)cccc3Cl)C(=O)O)c3ncccc23)c(=O)n(C)c2ccc(F)cc12. The number of nitrogens with zero attached hydrogens (tertiary/aromatic N) is 2. The van der Waals surface area contributed by atoms with E-state index >= 15 is 0 Å². The van der Waals surface area contributed by atoms with Crippen molar-refractivity contribution in [3.8, 4) is 11.1 Å². The average molecular weight is 578 g/mol. The van der Waals surface area contributed by atoms with Gasteiger partial charge in [0.1, 0.15) is 11.9 Å². The van der Waals surface area contributed by atoms with Crippen LogP contribution in [0.3, 0.4) is 0 Å². The fourth-order valence-corrected chi connectivity index (χ4v) is 5.54. The Labute approximate surface area is 237 Å². The van der Waals surface area contributed by atoms with Crippen LogP contribution in [0.2, 0.25) is 10.0 Å². The molecule has 5 rings (SSSR count). The number of halogens is 3. The van der Waals surface area contributed by atoms with Crippen LogP contribution >= 0.6 is 23.2 Å². The predicted molar refractivity (Wildman–Crippen MR) is 154 cm³/mol. The summed E-state index contributed by atoms with van der Waals surface area (Å²) in [6, 6.07) is 14.4. The van der Waals surface area contributed by atoms with Gasteiger partial charge < -0.3 is 15.0 Å². The molecule has 2 aromatic heterocycles. The molecule has 40 heavy (non-hydrogen) atoms. The van der Waals surface area contributed by atoms with Gasteiger partial charge in [0, 0.05) is 30.4 Å². The molecular formula is C30H22Cl2FN3O4. The Bertz CT molecular complexity index is 1880. The van der Waals surface area contributed by atoms with Gasteiger partial charge in [0.15, 0.2) is 0 Å². The van der Waals surface area contributed by atoms with E-state index in [1.165, 1.54) is 28.8 Å². The Balaban J connectivity index is 1.60. The van der Waals surface area contributed by atoms with E-state index in [1.807, 2.05) is 0 Å². The minimum Gasteiger partial charge on any atom is -0.480 e. The second kappa shape index (κ2) is 10.7. The number of hydrogen-bond donors (Lipinski definition) is 2. The average Bonchev–Trinajstić information content (AvgIpc) is 2.92. The molecule has 1 atom stereocenters. The minimum atomic E-state index is -1.32. The molecule has 0 bridgehead atoms. The van der Waals surface area contributed by atoms with Gasteiger partial charge in [-0.1, -0.05) is 47.5 Å². The van der Waals surface area contributed by atoms with Gasteiger partial charge in [0.05, 0.1) is 32.2 Å². The molecule has 0 aliphatic heterocycles. The highest BCUT2D eigenvalue weighted by Gasteiger charge is 2.26. The minimum absolute atomic E-state index is 0.0190. The van der Waals surface area contributed by atoms with Gasteiger partial charge in [-0.05, 0) is 60.0 Å². The largest absolute Gasteiger partial charge is 0.480 e. The van der Waals surface area contributed by atoms with Crippen molar-refractivity contribution in [1.29, 1.82) is 0 Å². The van der Waals surface area contributed by atoms with Crippen LogP contribution in [-0.4, -0.2) is 32.6 Å². The highest BCUT2D eigenvalue weighted by atomic mass is 35.5. The Kier molecular flexibility index (Phi) is 7.31. The number of nitrogens with one attached hydrogen (secondary N) is 1. The zero-order valence-corrected chi connectivity index (χ0v) is 22.8. The molecule has 202 valence electrons. The van der Waals surface area contributed by atoms with E-state index in [9.17, 15) is 23.9 Å². The van der Waals surface area contributed by atoms with Crippen LogP contribution in [0.25, 0.3) is 32.9 Å². The second-order valence-electron chi connectivity index (χ2n) is 9.36. The summed E-state index contributed by atoms with van der Waals surface area (Å²) in [6.07, 6.45) is 1.46. The van der Waals surface area contributed by atoms with Crippen LogP contribution in [0.5, 0.6) is 0 Å². The van der Waals surface area contributed by atoms with E-state index in [0.717, 1.165) is 0 Å². The number of carbonyl (C=O) groups is 2. The lowest BCUT2D eigenvalue weighted by Gasteiger charge is -2.18. The summed E-state index contributed by atoms with van der Waals surface area (Å²) < 4.78 is 15.6. The van der Waals surface area contributed by atoms with Crippen molar-refractivity contribution in [2.45, 2.75) is 19.4 Å². The number of fused-ring (bicyclic) bond motifs is 2. The molecule has 1 unspecified atom stereocenters. The van der Waals surface area contributed by atoms with E-state index in [0.29, 0.717) is 44.1 Å². The monoisotopic (exact) mass is 577 g/mol. The standard InChI is InChI=1S/C30H22Cl2FN3O4/c1-15-20-14-17(33)9-11-24(20)36(2)29(38)25(15)18-10-8-16(27-19(18)5-4-12-34-27)13-23(30(39)40)35-28(37)26-21(31)6-3-7-22(26)32/h3-12,14,23H,13H2,1-2H3,(H,35,37)(H,39,40). The van der Waals surface area contributed by atoms with Gasteiger partial charge in [-0.25, -0.2) is 9.18 Å². The van der Waals surface area contributed by atoms with Crippen molar-refractivity contribution < 1.29 is 19.1 Å². The summed E-state index contributed by atoms with van der Waals surface area (Å²) in [5.74, 6) is -2.40. The lowest BCUT2D eigenvalue weighted by atomic mass is 9.92. The van der Waals surface area contributed by atoms with Gasteiger partial charge in [-0.2, -0.15) is 0 Å². The second-order valence-corrected chi connectivity index (χ2v) is 10.2. The highest BCUT2D eigenvalue weighted by molar-refractivity contribution is 6.39. The smallest absolute Gasteiger partial charge is 0.326 e. The van der Waals surface area contributed by atoms with Crippen molar-refractivity contribution in [2.75, 3.05) is 0 Å². The molecule has 0 radical (unpaired) electrons. The third-order valence-electron chi connectivity index (χ3n) is 6.96. The molecule has 0 saturated carbocycles. The maximum atomic E-state index is 14.1. The van der Waals surface area contributed by atoms with Crippen molar-refractivity contribution in [3.63, 3.8) is 0 Å². The first-order valence-corrected chi connectivity index (χ1v) is 13.0. The number of aromatic nitrogens is 2. The number of hydrogen-bond acceptors (Lipinski definition) is 4. The number of rotatable bonds is 6. The summed E-state index contributed by atoms with van der Waals surface area (Å²) in [6.45, 7) is 1.77. The lowest BCUT2D eigenvalue weighted by molar-refractivity contribution is -0.139. The van der Waals surface area contributed by atoms with Crippen molar-refractivity contribution in [1.82, 2.24) is 14.9 Å². The van der Waals surface area contributed by atoms with E-state index in [4.69, 9.17) is 23.2 Å². The Hall–Kier alpha value is -4.27. The molecule has 2 N–H and O–H groups in total. The highest BCUT2D eigenvalue weighted by Crippen LogP contribution is 2.33. The molecule has 0 saturated heterocycles. The topological polar surface area (TPSA) is 101 Å². The van der Waals surface area contributed by atoms with Crippen LogP contribution in [0.1, 0.15) is 21.5 Å². The van der Waals surface area contributed by atoms with Gasteiger partial charge in [-0.15, -0.1) is 0 Å². The van der Waals surface area contributed by atoms with E-state index in [-0.39, 0.29) is 27.6 Å². The first kappa shape index (κ1) is 27.3. The van der Waals surface area contributed by atoms with Crippen LogP contribution < -0.4 is 10.9 Å². The number of aryl methyl sites for hydroxylation is 2. The number of aliphatic carboxylic acids is 1. The molecule has 0 aliphatic rings. The van der Waals surface area contributed by atoms with Crippen LogP contribution in [0.15, 0.2) is 71.7 Å². The van der Waals surface area contributed by atoms with Crippen LogP contribution in [0.4, 0.5) is 4.39 Å². The molecule has 10 heteroatoms. The zero-order chi connectivity index (χ0) is 28.7. The number of pyridine rings is 2. The summed E-state index contributed by atoms with van der Waals surface area (Å²) >= 11 is 12.3. The molecule has 3 aromatic carbocycles. The Morgan fingerprint density at radius 1 is 1.05 bits per heavy atom. The van der Waals surface area contributed by atoms with Crippen molar-refractivity contribution in [3.05, 3.63) is 110 Å². The number of carboxylic acids is 1. The number of amides is 1. The van der Waals surface area contributed by atoms with Crippen LogP contribution in [0, 0.1) is 12.7 Å². The Morgan fingerprint density at radius 3 is 2.48 bits per heavy atom. The lowest BCUT2D eigenvalue weighted by Crippen LogP contribution is -2.42. The van der Waals surface area contributed by atoms with Gasteiger partial charge in [0.25, 0.3) is 11.5 Å². The molecule has 0 fully saturated rings. The maximum absolute atomic E-state index is 14.1. The van der Waals surface area contributed by atoms with Crippen molar-refractivity contribution in [2.24, 2.45) is 7.05 Å². The van der Waals surface area contributed by atoms with E-state index < -0.39 is 23.7 Å². The molecular weight excluding hydrogens is 556 g/mol. The molecule has 7 nitrogen and oxygen atoms in total. The van der Waals surface area contributed by atoms with E-state index in [1.54, 1.807) is 56.6 Å². The summed E-state index contributed by atoms with van der Waals surface area (Å²) in [5, 5.41) is 13.8. The maximum Gasteiger partial charge on any atom is 0.326 e. The molecule has 0 spiro atoms. The van der Waals surface area contributed by atoms with Crippen molar-refractivity contribution >= 4 is 56.9 Å². The van der Waals surface area contributed by atoms with Gasteiger partial charge >= 0.3 is 5.97 Å². The fraction of sp³-hybridized carbons (Fsp3) is 0.133. The predicted octanol–water partition coefficient (Wildman–Crippen LogP) is 5.93. The third kappa shape index (κ3) is 4.80. The molecule has 5 aromatic rings. The first-order chi connectivity index (χ1) is 19.1. The number of carbonyl (C=O) groups excluding carboxylic acids is 1. The molecule has 2 heterocycles. The molecule has 0 aliphatic carbocycles. The van der Waals surface area contributed by atoms with Gasteiger partial charge in [-0.3, -0.25) is 14.6 Å². The van der Waals surface area contributed by atoms with E-state index in [2.05, 4.69) is 10.3 Å². The normalized spacial score (nSPS) is 12.0. The summed E-state index contributed by atoms with van der Waals surface area (Å²) in [5.41, 5.74) is 2.91. The van der Waals surface area contributed by atoms with Gasteiger partial charge in [0.2, 0.25) is 0 Å². The van der Waals surface area contributed by atoms with Crippen LogP contribution in [-0.2, 0) is 18.3 Å². The quantitative estimate of drug-likeness (QED) is 0.260. The zero-order valence-electron chi connectivity index (χ0n) is 21.3. The third-order valence-corrected chi connectivity index (χ3v) is 7.59. The summed E-state index contributed by atoms with van der Waals surface area (Å²) in [4.78, 5) is 43.1. The Morgan fingerprint density at radius 2 is 1.77 bits per heavy atom. The summed E-state index contributed by atoms with van der Waals surface area (Å²) in [7, 11) is 1.63.